The molecule has 28 heavy (non-hydrogen) atoms. The van der Waals surface area contributed by atoms with Gasteiger partial charge < -0.3 is 14.5 Å². The summed E-state index contributed by atoms with van der Waals surface area (Å²) in [5.41, 5.74) is -0.811. The molecule has 2 aliphatic heterocycles. The average Bonchev–Trinajstić information content (AvgIpc) is 2.75. The Bertz CT molecular complexity index is 797. The van der Waals surface area contributed by atoms with Gasteiger partial charge in [0, 0.05) is 23.2 Å². The molecular weight excluding hydrogens is 441 g/mol. The Kier molecular flexibility index (Phi) is 5.19. The van der Waals surface area contributed by atoms with Crippen LogP contribution in [0.15, 0.2) is 22.7 Å². The van der Waals surface area contributed by atoms with Crippen LogP contribution in [0, 0.1) is 0 Å². The number of hydrogen-bond donors (Lipinski definition) is 0. The smallest absolute Gasteiger partial charge is 0.410 e. The number of nitrogens with zero attached hydrogens (tertiary/aromatic N) is 2. The molecule has 5 nitrogen and oxygen atoms in total. The Balaban J connectivity index is 1.87. The summed E-state index contributed by atoms with van der Waals surface area (Å²) >= 11 is 3.27. The highest BCUT2D eigenvalue weighted by Crippen LogP contribution is 2.49. The summed E-state index contributed by atoms with van der Waals surface area (Å²) in [5.74, 6) is -0.554. The molecule has 0 aromatic heterocycles. The highest BCUT2D eigenvalue weighted by Gasteiger charge is 2.54. The van der Waals surface area contributed by atoms with Gasteiger partial charge in [-0.1, -0.05) is 22.0 Å². The Hall–Kier alpha value is -1.77. The van der Waals surface area contributed by atoms with Crippen LogP contribution in [0.4, 0.5) is 23.7 Å². The number of alkyl halides is 3. The average molecular weight is 463 g/mol. The summed E-state index contributed by atoms with van der Waals surface area (Å²) in [5, 5.41) is 0. The molecule has 0 N–H and O–H groups in total. The Morgan fingerprint density at radius 1 is 1.21 bits per heavy atom. The van der Waals surface area contributed by atoms with Crippen LogP contribution in [-0.4, -0.2) is 48.3 Å². The first-order chi connectivity index (χ1) is 12.8. The first-order valence-electron chi connectivity index (χ1n) is 8.99. The molecule has 0 unspecified atom stereocenters. The zero-order chi connectivity index (χ0) is 20.9. The summed E-state index contributed by atoms with van der Waals surface area (Å²) in [6, 6.07) is 4.98. The van der Waals surface area contributed by atoms with E-state index in [0.717, 1.165) is 4.90 Å². The van der Waals surface area contributed by atoms with Gasteiger partial charge in [0.25, 0.3) is 0 Å². The molecule has 3 rings (SSSR count). The molecule has 2 heterocycles. The molecule has 0 saturated carbocycles. The van der Waals surface area contributed by atoms with E-state index in [0.29, 0.717) is 10.0 Å². The summed E-state index contributed by atoms with van der Waals surface area (Å²) in [4.78, 5) is 27.7. The maximum Gasteiger partial charge on any atom is 0.410 e. The SMILES string of the molecule is CC(C)(C)OC(=O)N1CCC2(CC1)C(=O)N(CC(F)(F)F)c1cc(Br)ccc12. The third-order valence-corrected chi connectivity index (χ3v) is 5.52. The summed E-state index contributed by atoms with van der Waals surface area (Å²) in [6.07, 6.45) is -4.46. The molecule has 1 aromatic carbocycles. The highest BCUT2D eigenvalue weighted by molar-refractivity contribution is 9.10. The number of rotatable bonds is 1. The minimum absolute atomic E-state index is 0.246. The number of carbonyl (C=O) groups is 2. The minimum Gasteiger partial charge on any atom is -0.444 e. The van der Waals surface area contributed by atoms with Gasteiger partial charge >= 0.3 is 12.3 Å². The normalized spacial score (nSPS) is 19.2. The Morgan fingerprint density at radius 3 is 2.36 bits per heavy atom. The number of carbonyl (C=O) groups excluding carboxylic acids is 2. The van der Waals surface area contributed by atoms with Gasteiger partial charge in [0.1, 0.15) is 12.1 Å². The number of fused-ring (bicyclic) bond motifs is 2. The minimum atomic E-state index is -4.50. The van der Waals surface area contributed by atoms with E-state index in [2.05, 4.69) is 15.9 Å². The van der Waals surface area contributed by atoms with Crippen molar-refractivity contribution in [2.45, 2.75) is 50.8 Å². The molecule has 0 radical (unpaired) electrons. The number of hydrogen-bond acceptors (Lipinski definition) is 3. The van der Waals surface area contributed by atoms with Gasteiger partial charge in [0.05, 0.1) is 5.41 Å². The van der Waals surface area contributed by atoms with Gasteiger partial charge in [-0.05, 0) is 51.3 Å². The number of amides is 2. The second kappa shape index (κ2) is 6.93. The van der Waals surface area contributed by atoms with E-state index in [9.17, 15) is 22.8 Å². The molecule has 0 aliphatic carbocycles. The van der Waals surface area contributed by atoms with Crippen LogP contribution in [0.5, 0.6) is 0 Å². The topological polar surface area (TPSA) is 49.9 Å². The number of benzene rings is 1. The number of piperidine rings is 1. The predicted octanol–water partition coefficient (Wildman–Crippen LogP) is 4.63. The summed E-state index contributed by atoms with van der Waals surface area (Å²) in [7, 11) is 0. The molecule has 154 valence electrons. The molecule has 0 atom stereocenters. The third kappa shape index (κ3) is 3.99. The predicted molar refractivity (Wildman–Crippen MR) is 101 cm³/mol. The lowest BCUT2D eigenvalue weighted by Gasteiger charge is -2.39. The van der Waals surface area contributed by atoms with Crippen molar-refractivity contribution in [1.82, 2.24) is 4.90 Å². The van der Waals surface area contributed by atoms with Crippen LogP contribution in [0.3, 0.4) is 0 Å². The monoisotopic (exact) mass is 462 g/mol. The molecule has 0 bridgehead atoms. The fraction of sp³-hybridized carbons (Fsp3) is 0.579. The molecule has 2 amide bonds. The fourth-order valence-corrected chi connectivity index (χ4v) is 4.18. The van der Waals surface area contributed by atoms with E-state index in [1.807, 2.05) is 0 Å². The molecule has 9 heteroatoms. The number of halogens is 4. The van der Waals surface area contributed by atoms with E-state index in [4.69, 9.17) is 4.74 Å². The molecule has 1 saturated heterocycles. The van der Waals surface area contributed by atoms with Gasteiger partial charge in [0.2, 0.25) is 5.91 Å². The van der Waals surface area contributed by atoms with E-state index in [-0.39, 0.29) is 31.6 Å². The second-order valence-electron chi connectivity index (χ2n) is 8.22. The molecule has 1 fully saturated rings. The van der Waals surface area contributed by atoms with Crippen molar-refractivity contribution < 1.29 is 27.5 Å². The molecule has 1 spiro atoms. The standard InChI is InChI=1S/C19H22BrF3N2O3/c1-17(2,3)28-16(27)24-8-6-18(7-9-24)13-5-4-12(20)10-14(13)25(15(18)26)11-19(21,22)23/h4-5,10H,6-9,11H2,1-3H3. The molecule has 2 aliphatic rings. The maximum atomic E-state index is 13.1. The Morgan fingerprint density at radius 2 is 1.82 bits per heavy atom. The van der Waals surface area contributed by atoms with Gasteiger partial charge in [-0.25, -0.2) is 4.79 Å². The van der Waals surface area contributed by atoms with Crippen molar-refractivity contribution in [3.63, 3.8) is 0 Å². The summed E-state index contributed by atoms with van der Waals surface area (Å²) < 4.78 is 45.2. The number of anilines is 1. The van der Waals surface area contributed by atoms with Crippen LogP contribution < -0.4 is 4.90 Å². The van der Waals surface area contributed by atoms with Crippen molar-refractivity contribution in [3.8, 4) is 0 Å². The van der Waals surface area contributed by atoms with Crippen LogP contribution in [0.25, 0.3) is 0 Å². The van der Waals surface area contributed by atoms with Gasteiger partial charge in [0.15, 0.2) is 0 Å². The van der Waals surface area contributed by atoms with Crippen LogP contribution in [0.1, 0.15) is 39.2 Å². The van der Waals surface area contributed by atoms with Crippen molar-refractivity contribution in [1.29, 1.82) is 0 Å². The maximum absolute atomic E-state index is 13.1. The molecule has 1 aromatic rings. The summed E-state index contributed by atoms with van der Waals surface area (Å²) in [6.45, 7) is 4.46. The van der Waals surface area contributed by atoms with Crippen molar-refractivity contribution in [2.75, 3.05) is 24.5 Å². The van der Waals surface area contributed by atoms with Gasteiger partial charge in [-0.2, -0.15) is 13.2 Å². The lowest BCUT2D eigenvalue weighted by atomic mass is 9.73. The first kappa shape index (κ1) is 21.0. The first-order valence-corrected chi connectivity index (χ1v) is 9.78. The van der Waals surface area contributed by atoms with Crippen molar-refractivity contribution >= 4 is 33.6 Å². The van der Waals surface area contributed by atoms with Crippen LogP contribution in [0.2, 0.25) is 0 Å². The lowest BCUT2D eigenvalue weighted by molar-refractivity contribution is -0.135. The number of ether oxygens (including phenoxy) is 1. The third-order valence-electron chi connectivity index (χ3n) is 5.03. The van der Waals surface area contributed by atoms with E-state index in [1.54, 1.807) is 39.0 Å². The van der Waals surface area contributed by atoms with Crippen LogP contribution in [-0.2, 0) is 14.9 Å². The van der Waals surface area contributed by atoms with Crippen molar-refractivity contribution in [2.24, 2.45) is 0 Å². The lowest BCUT2D eigenvalue weighted by Crippen LogP contribution is -2.51. The quantitative estimate of drug-likeness (QED) is 0.611. The van der Waals surface area contributed by atoms with Crippen molar-refractivity contribution in [3.05, 3.63) is 28.2 Å². The Labute approximate surface area is 169 Å². The highest BCUT2D eigenvalue weighted by atomic mass is 79.9. The van der Waals surface area contributed by atoms with E-state index >= 15 is 0 Å². The zero-order valence-electron chi connectivity index (χ0n) is 15.9. The zero-order valence-corrected chi connectivity index (χ0v) is 17.5. The largest absolute Gasteiger partial charge is 0.444 e. The number of likely N-dealkylation sites (tertiary alicyclic amines) is 1. The van der Waals surface area contributed by atoms with E-state index in [1.165, 1.54) is 4.90 Å². The van der Waals surface area contributed by atoms with E-state index < -0.39 is 35.7 Å². The fourth-order valence-electron chi connectivity index (χ4n) is 3.83. The molecular formula is C19H22BrF3N2O3. The second-order valence-corrected chi connectivity index (χ2v) is 9.13. The van der Waals surface area contributed by atoms with Gasteiger partial charge in [-0.3, -0.25) is 4.79 Å². The van der Waals surface area contributed by atoms with Crippen LogP contribution >= 0.6 is 15.9 Å². The van der Waals surface area contributed by atoms with Gasteiger partial charge in [-0.15, -0.1) is 0 Å².